The van der Waals surface area contributed by atoms with Gasteiger partial charge in [0.15, 0.2) is 16.5 Å². The van der Waals surface area contributed by atoms with Crippen LogP contribution in [0.4, 0.5) is 0 Å². The van der Waals surface area contributed by atoms with Gasteiger partial charge in [0.2, 0.25) is 5.58 Å². The molecule has 0 atom stereocenters. The zero-order valence-electron chi connectivity index (χ0n) is 8.09. The lowest BCUT2D eigenvalue weighted by atomic mass is 10.2. The molecule has 0 saturated carbocycles. The number of hydrogen-bond acceptors (Lipinski definition) is 4. The van der Waals surface area contributed by atoms with Crippen LogP contribution in [0.25, 0.3) is 22.5 Å². The predicted octanol–water partition coefficient (Wildman–Crippen LogP) is 2.94. The minimum atomic E-state index is 0.259. The maximum atomic E-state index is 5.84. The molecular weight excluding hydrogens is 226 g/mol. The molecular formula is C11H6ClN3O. The van der Waals surface area contributed by atoms with E-state index in [1.165, 1.54) is 0 Å². The van der Waals surface area contributed by atoms with E-state index < -0.39 is 0 Å². The van der Waals surface area contributed by atoms with E-state index in [1.54, 1.807) is 6.20 Å². The second kappa shape index (κ2) is 3.57. The van der Waals surface area contributed by atoms with Gasteiger partial charge in [-0.3, -0.25) is 0 Å². The molecule has 78 valence electrons. The monoisotopic (exact) mass is 231 g/mol. The average Bonchev–Trinajstić information content (AvgIpc) is 2.72. The predicted molar refractivity (Wildman–Crippen MR) is 60.0 cm³/mol. The zero-order valence-corrected chi connectivity index (χ0v) is 8.85. The van der Waals surface area contributed by atoms with Crippen molar-refractivity contribution in [1.29, 1.82) is 0 Å². The third-order valence-electron chi connectivity index (χ3n) is 2.21. The molecule has 0 unspecified atom stereocenters. The average molecular weight is 232 g/mol. The van der Waals surface area contributed by atoms with Crippen molar-refractivity contribution < 1.29 is 4.52 Å². The topological polar surface area (TPSA) is 51.8 Å². The molecule has 4 nitrogen and oxygen atoms in total. The Morgan fingerprint density at radius 3 is 2.75 bits per heavy atom. The summed E-state index contributed by atoms with van der Waals surface area (Å²) >= 11 is 5.84. The molecule has 0 aliphatic heterocycles. The summed E-state index contributed by atoms with van der Waals surface area (Å²) in [6, 6.07) is 9.66. The fourth-order valence-electron chi connectivity index (χ4n) is 1.44. The first-order valence-corrected chi connectivity index (χ1v) is 5.06. The molecule has 5 heteroatoms. The molecule has 0 spiro atoms. The van der Waals surface area contributed by atoms with Crippen LogP contribution in [0, 0.1) is 0 Å². The van der Waals surface area contributed by atoms with Crippen molar-refractivity contribution in [3.8, 4) is 11.4 Å². The minimum Gasteiger partial charge on any atom is -0.351 e. The molecule has 1 aromatic carbocycles. The van der Waals surface area contributed by atoms with E-state index in [0.29, 0.717) is 16.9 Å². The molecule has 0 bridgehead atoms. The van der Waals surface area contributed by atoms with Crippen molar-refractivity contribution >= 4 is 22.7 Å². The lowest BCUT2D eigenvalue weighted by Gasteiger charge is -1.97. The summed E-state index contributed by atoms with van der Waals surface area (Å²) < 4.78 is 4.93. The van der Waals surface area contributed by atoms with Crippen LogP contribution in [0.3, 0.4) is 0 Å². The van der Waals surface area contributed by atoms with Crippen LogP contribution in [-0.4, -0.2) is 15.1 Å². The third kappa shape index (κ3) is 1.44. The van der Waals surface area contributed by atoms with Gasteiger partial charge in [-0.05, 0) is 0 Å². The van der Waals surface area contributed by atoms with Gasteiger partial charge in [0, 0.05) is 5.56 Å². The Bertz CT molecular complexity index is 636. The molecule has 3 rings (SSSR count). The Morgan fingerprint density at radius 2 is 1.94 bits per heavy atom. The highest BCUT2D eigenvalue weighted by Crippen LogP contribution is 2.22. The molecule has 16 heavy (non-hydrogen) atoms. The Kier molecular flexibility index (Phi) is 2.08. The van der Waals surface area contributed by atoms with Crippen molar-refractivity contribution in [2.75, 3.05) is 0 Å². The molecule has 0 aliphatic rings. The number of hydrogen-bond donors (Lipinski definition) is 0. The second-order valence-electron chi connectivity index (χ2n) is 3.25. The number of fused-ring (bicyclic) bond motifs is 1. The number of benzene rings is 1. The van der Waals surface area contributed by atoms with Crippen molar-refractivity contribution in [1.82, 2.24) is 15.1 Å². The summed E-state index contributed by atoms with van der Waals surface area (Å²) in [5.74, 6) is 0.609. The van der Waals surface area contributed by atoms with Crippen LogP contribution >= 0.6 is 11.6 Å². The summed E-state index contributed by atoms with van der Waals surface area (Å²) in [6.07, 6.45) is 1.57. The van der Waals surface area contributed by atoms with Crippen LogP contribution in [0.15, 0.2) is 41.1 Å². The van der Waals surface area contributed by atoms with Crippen LogP contribution in [0.1, 0.15) is 0 Å². The second-order valence-corrected chi connectivity index (χ2v) is 3.60. The maximum Gasteiger partial charge on any atom is 0.205 e. The quantitative estimate of drug-likeness (QED) is 0.646. The highest BCUT2D eigenvalue weighted by Gasteiger charge is 2.09. The molecule has 3 aromatic rings. The summed E-state index contributed by atoms with van der Waals surface area (Å²) in [5.41, 5.74) is 1.96. The largest absolute Gasteiger partial charge is 0.351 e. The lowest BCUT2D eigenvalue weighted by Crippen LogP contribution is -1.87. The van der Waals surface area contributed by atoms with E-state index in [0.717, 1.165) is 5.56 Å². The molecule has 0 amide bonds. The summed E-state index contributed by atoms with van der Waals surface area (Å²) in [4.78, 5) is 8.49. The fourth-order valence-corrected chi connectivity index (χ4v) is 1.61. The zero-order chi connectivity index (χ0) is 11.0. The minimum absolute atomic E-state index is 0.259. The van der Waals surface area contributed by atoms with Gasteiger partial charge in [-0.2, -0.15) is 0 Å². The normalized spacial score (nSPS) is 10.8. The van der Waals surface area contributed by atoms with E-state index in [2.05, 4.69) is 15.1 Å². The summed E-state index contributed by atoms with van der Waals surface area (Å²) in [6.45, 7) is 0. The number of aromatic nitrogens is 3. The number of nitrogens with zero attached hydrogens (tertiary/aromatic N) is 3. The summed E-state index contributed by atoms with van der Waals surface area (Å²) in [7, 11) is 0. The lowest BCUT2D eigenvalue weighted by molar-refractivity contribution is 0.456. The van der Waals surface area contributed by atoms with Gasteiger partial charge in [-0.1, -0.05) is 47.1 Å². The van der Waals surface area contributed by atoms with E-state index in [4.69, 9.17) is 16.1 Å². The number of rotatable bonds is 1. The molecule has 0 fully saturated rings. The first-order chi connectivity index (χ1) is 7.84. The third-order valence-corrected chi connectivity index (χ3v) is 2.45. The first kappa shape index (κ1) is 9.30. The van der Waals surface area contributed by atoms with E-state index in [1.807, 2.05) is 30.3 Å². The molecule has 2 heterocycles. The highest BCUT2D eigenvalue weighted by atomic mass is 35.5. The maximum absolute atomic E-state index is 5.84. The SMILES string of the molecule is Clc1noc2cnc(-c3ccccc3)nc12. The summed E-state index contributed by atoms with van der Waals surface area (Å²) in [5, 5.41) is 3.88. The Labute approximate surface area is 95.9 Å². The van der Waals surface area contributed by atoms with E-state index >= 15 is 0 Å². The van der Waals surface area contributed by atoms with Gasteiger partial charge >= 0.3 is 0 Å². The standard InChI is InChI=1S/C11H6ClN3O/c12-10-9-8(16-15-10)6-13-11(14-9)7-4-2-1-3-5-7/h1-6H. The molecule has 0 saturated heterocycles. The fraction of sp³-hybridized carbons (Fsp3) is 0. The van der Waals surface area contributed by atoms with Crippen molar-refractivity contribution in [2.24, 2.45) is 0 Å². The van der Waals surface area contributed by atoms with Gasteiger partial charge in [-0.25, -0.2) is 9.97 Å². The molecule has 2 aromatic heterocycles. The Balaban J connectivity index is 2.22. The highest BCUT2D eigenvalue weighted by molar-refractivity contribution is 6.33. The number of halogens is 1. The van der Waals surface area contributed by atoms with Crippen molar-refractivity contribution in [2.45, 2.75) is 0 Å². The molecule has 0 radical (unpaired) electrons. The van der Waals surface area contributed by atoms with E-state index in [-0.39, 0.29) is 5.15 Å². The first-order valence-electron chi connectivity index (χ1n) is 4.68. The van der Waals surface area contributed by atoms with Gasteiger partial charge in [0.25, 0.3) is 0 Å². The van der Waals surface area contributed by atoms with Gasteiger partial charge < -0.3 is 4.52 Å². The Hall–Kier alpha value is -1.94. The van der Waals surface area contributed by atoms with Gasteiger partial charge in [0.05, 0.1) is 6.20 Å². The van der Waals surface area contributed by atoms with Crippen molar-refractivity contribution in [3.05, 3.63) is 41.7 Å². The van der Waals surface area contributed by atoms with Gasteiger partial charge in [-0.15, -0.1) is 0 Å². The smallest absolute Gasteiger partial charge is 0.205 e. The van der Waals surface area contributed by atoms with Crippen molar-refractivity contribution in [3.63, 3.8) is 0 Å². The van der Waals surface area contributed by atoms with Crippen LogP contribution in [-0.2, 0) is 0 Å². The van der Waals surface area contributed by atoms with Crippen LogP contribution in [0.2, 0.25) is 5.15 Å². The molecule has 0 N–H and O–H groups in total. The van der Waals surface area contributed by atoms with Crippen LogP contribution < -0.4 is 0 Å². The Morgan fingerprint density at radius 1 is 1.12 bits per heavy atom. The van der Waals surface area contributed by atoms with Crippen LogP contribution in [0.5, 0.6) is 0 Å². The van der Waals surface area contributed by atoms with E-state index in [9.17, 15) is 0 Å². The molecule has 0 aliphatic carbocycles. The van der Waals surface area contributed by atoms with Gasteiger partial charge in [0.1, 0.15) is 0 Å².